The molecule has 8 heteroatoms. The van der Waals surface area contributed by atoms with E-state index < -0.39 is 17.9 Å². The predicted molar refractivity (Wildman–Crippen MR) is 77.5 cm³/mol. The van der Waals surface area contributed by atoms with Crippen LogP contribution in [0.2, 0.25) is 0 Å². The van der Waals surface area contributed by atoms with Gasteiger partial charge >= 0.3 is 11.9 Å². The van der Waals surface area contributed by atoms with E-state index in [1.54, 1.807) is 6.20 Å². The van der Waals surface area contributed by atoms with Crippen LogP contribution in [0.25, 0.3) is 0 Å². The highest BCUT2D eigenvalue weighted by molar-refractivity contribution is 7.15. The molecule has 0 aromatic carbocycles. The van der Waals surface area contributed by atoms with Gasteiger partial charge in [-0.3, -0.25) is 14.5 Å². The highest BCUT2D eigenvalue weighted by atomic mass is 32.1. The molecule has 1 aliphatic heterocycles. The average Bonchev–Trinajstić information content (AvgIpc) is 2.90. The van der Waals surface area contributed by atoms with Gasteiger partial charge in [0, 0.05) is 17.6 Å². The number of methoxy groups -OCH3 is 2. The number of anilines is 1. The van der Waals surface area contributed by atoms with Gasteiger partial charge in [0.05, 0.1) is 20.1 Å². The van der Waals surface area contributed by atoms with E-state index in [9.17, 15) is 9.59 Å². The van der Waals surface area contributed by atoms with Crippen LogP contribution in [0, 0.1) is 5.92 Å². The molecule has 0 spiro atoms. The summed E-state index contributed by atoms with van der Waals surface area (Å²) in [5, 5.41) is 0.487. The fourth-order valence-electron chi connectivity index (χ4n) is 2.67. The number of rotatable bonds is 4. The van der Waals surface area contributed by atoms with Gasteiger partial charge in [-0.05, 0) is 19.4 Å². The summed E-state index contributed by atoms with van der Waals surface area (Å²) in [5.41, 5.74) is 5.62. The minimum Gasteiger partial charge on any atom is -0.469 e. The van der Waals surface area contributed by atoms with E-state index in [4.69, 9.17) is 15.2 Å². The molecule has 1 fully saturated rings. The number of hydrogen-bond donors (Lipinski definition) is 1. The maximum Gasteiger partial charge on any atom is 0.323 e. The zero-order chi connectivity index (χ0) is 15.4. The van der Waals surface area contributed by atoms with Crippen LogP contribution in [0.3, 0.4) is 0 Å². The Hall–Kier alpha value is -1.67. The number of ether oxygens (including phenoxy) is 2. The molecular formula is C13H19N3O4S. The first-order valence-corrected chi connectivity index (χ1v) is 7.48. The van der Waals surface area contributed by atoms with Crippen molar-refractivity contribution in [1.29, 1.82) is 0 Å². The Morgan fingerprint density at radius 1 is 1.43 bits per heavy atom. The van der Waals surface area contributed by atoms with Crippen molar-refractivity contribution in [3.63, 3.8) is 0 Å². The molecule has 1 aromatic rings. The number of nitrogen functional groups attached to an aromatic ring is 1. The molecule has 1 aromatic heterocycles. The first-order chi connectivity index (χ1) is 10.1. The minimum atomic E-state index is -0.625. The van der Waals surface area contributed by atoms with Gasteiger partial charge in [-0.2, -0.15) is 0 Å². The molecule has 1 saturated heterocycles. The molecule has 21 heavy (non-hydrogen) atoms. The standard InChI is InChI=1S/C13H19N3O4S/c1-19-11(17)9-4-3-5-16(10(9)12(18)20-2)7-8-6-15-13(14)21-8/h6,9-10H,3-5,7H2,1-2H3,(H2,14,15). The molecule has 2 N–H and O–H groups in total. The zero-order valence-corrected chi connectivity index (χ0v) is 12.9. The number of thiazole rings is 1. The lowest BCUT2D eigenvalue weighted by atomic mass is 9.89. The molecule has 2 unspecified atom stereocenters. The number of piperidine rings is 1. The van der Waals surface area contributed by atoms with Crippen LogP contribution in [0.1, 0.15) is 17.7 Å². The second-order valence-electron chi connectivity index (χ2n) is 4.88. The van der Waals surface area contributed by atoms with E-state index in [1.807, 2.05) is 4.90 Å². The number of likely N-dealkylation sites (tertiary alicyclic amines) is 1. The van der Waals surface area contributed by atoms with Gasteiger partial charge in [0.1, 0.15) is 6.04 Å². The lowest BCUT2D eigenvalue weighted by Crippen LogP contribution is -2.52. The van der Waals surface area contributed by atoms with Crippen molar-refractivity contribution in [3.8, 4) is 0 Å². The van der Waals surface area contributed by atoms with E-state index in [1.165, 1.54) is 25.6 Å². The quantitative estimate of drug-likeness (QED) is 0.815. The molecule has 2 atom stereocenters. The van der Waals surface area contributed by atoms with Gasteiger partial charge in [-0.25, -0.2) is 4.98 Å². The molecule has 0 aliphatic carbocycles. The summed E-state index contributed by atoms with van der Waals surface area (Å²) in [4.78, 5) is 30.9. The van der Waals surface area contributed by atoms with E-state index in [2.05, 4.69) is 4.98 Å². The summed E-state index contributed by atoms with van der Waals surface area (Å²) >= 11 is 1.37. The molecule has 116 valence electrons. The van der Waals surface area contributed by atoms with Gasteiger partial charge < -0.3 is 15.2 Å². The first-order valence-electron chi connectivity index (χ1n) is 6.66. The summed E-state index contributed by atoms with van der Waals surface area (Å²) in [7, 11) is 2.66. The third kappa shape index (κ3) is 3.51. The minimum absolute atomic E-state index is 0.376. The maximum absolute atomic E-state index is 12.1. The molecule has 0 amide bonds. The first kappa shape index (κ1) is 15.7. The summed E-state index contributed by atoms with van der Waals surface area (Å²) in [6.45, 7) is 1.23. The number of aromatic nitrogens is 1. The number of carbonyl (C=O) groups is 2. The largest absolute Gasteiger partial charge is 0.469 e. The normalized spacial score (nSPS) is 22.8. The fraction of sp³-hybridized carbons (Fsp3) is 0.615. The third-order valence-electron chi connectivity index (χ3n) is 3.61. The number of esters is 2. The molecule has 0 saturated carbocycles. The topological polar surface area (TPSA) is 94.8 Å². The summed E-state index contributed by atoms with van der Waals surface area (Å²) in [5.74, 6) is -1.29. The Morgan fingerprint density at radius 2 is 2.14 bits per heavy atom. The molecular weight excluding hydrogens is 294 g/mol. The van der Waals surface area contributed by atoms with E-state index >= 15 is 0 Å². The molecule has 1 aliphatic rings. The van der Waals surface area contributed by atoms with Crippen LogP contribution in [0.15, 0.2) is 6.20 Å². The van der Waals surface area contributed by atoms with Crippen LogP contribution >= 0.6 is 11.3 Å². The van der Waals surface area contributed by atoms with Crippen LogP contribution in [-0.2, 0) is 25.6 Å². The number of nitrogens with zero attached hydrogens (tertiary/aromatic N) is 2. The molecule has 2 rings (SSSR count). The Labute approximate surface area is 127 Å². The SMILES string of the molecule is COC(=O)C1CCCN(Cc2cnc(N)s2)C1C(=O)OC. The monoisotopic (exact) mass is 313 g/mol. The van der Waals surface area contributed by atoms with E-state index in [0.717, 1.165) is 11.3 Å². The second-order valence-corrected chi connectivity index (χ2v) is 6.02. The Kier molecular flexibility index (Phi) is 5.13. The van der Waals surface area contributed by atoms with Gasteiger partial charge in [-0.15, -0.1) is 11.3 Å². The van der Waals surface area contributed by atoms with E-state index in [-0.39, 0.29) is 5.97 Å². The summed E-state index contributed by atoms with van der Waals surface area (Å²) in [6, 6.07) is -0.625. The van der Waals surface area contributed by atoms with Crippen molar-refractivity contribution in [2.45, 2.75) is 25.4 Å². The van der Waals surface area contributed by atoms with Gasteiger partial charge in [0.15, 0.2) is 5.13 Å². The Morgan fingerprint density at radius 3 is 2.71 bits per heavy atom. The van der Waals surface area contributed by atoms with Crippen LogP contribution in [-0.4, -0.2) is 48.6 Å². The maximum atomic E-state index is 12.1. The second kappa shape index (κ2) is 6.86. The smallest absolute Gasteiger partial charge is 0.323 e. The average molecular weight is 313 g/mol. The highest BCUT2D eigenvalue weighted by Gasteiger charge is 2.42. The van der Waals surface area contributed by atoms with Crippen molar-refractivity contribution in [2.24, 2.45) is 5.92 Å². The number of carbonyl (C=O) groups excluding carboxylic acids is 2. The van der Waals surface area contributed by atoms with Crippen molar-refractivity contribution in [3.05, 3.63) is 11.1 Å². The third-order valence-corrected chi connectivity index (χ3v) is 4.42. The summed E-state index contributed by atoms with van der Waals surface area (Å²) in [6.07, 6.45) is 3.13. The lowest BCUT2D eigenvalue weighted by molar-refractivity contribution is -0.162. The van der Waals surface area contributed by atoms with Gasteiger partial charge in [0.2, 0.25) is 0 Å². The zero-order valence-electron chi connectivity index (χ0n) is 12.1. The van der Waals surface area contributed by atoms with Gasteiger partial charge in [-0.1, -0.05) is 0 Å². The van der Waals surface area contributed by atoms with Gasteiger partial charge in [0.25, 0.3) is 0 Å². The van der Waals surface area contributed by atoms with Crippen LogP contribution in [0.5, 0.6) is 0 Å². The molecule has 2 heterocycles. The number of hydrogen-bond acceptors (Lipinski definition) is 8. The lowest BCUT2D eigenvalue weighted by Gasteiger charge is -2.37. The fourth-order valence-corrected chi connectivity index (χ4v) is 3.38. The highest BCUT2D eigenvalue weighted by Crippen LogP contribution is 2.28. The van der Waals surface area contributed by atoms with Crippen LogP contribution < -0.4 is 5.73 Å². The Bertz CT molecular complexity index is 519. The van der Waals surface area contributed by atoms with Crippen molar-refractivity contribution in [2.75, 3.05) is 26.5 Å². The molecule has 7 nitrogen and oxygen atoms in total. The molecule has 0 bridgehead atoms. The van der Waals surface area contributed by atoms with Crippen molar-refractivity contribution >= 4 is 28.4 Å². The van der Waals surface area contributed by atoms with Crippen molar-refractivity contribution in [1.82, 2.24) is 9.88 Å². The van der Waals surface area contributed by atoms with Crippen molar-refractivity contribution < 1.29 is 19.1 Å². The summed E-state index contributed by atoms with van der Waals surface area (Å²) < 4.78 is 9.68. The molecule has 0 radical (unpaired) electrons. The van der Waals surface area contributed by atoms with E-state index in [0.29, 0.717) is 24.6 Å². The predicted octanol–water partition coefficient (Wildman–Crippen LogP) is 0.652. The Balaban J connectivity index is 2.20. The van der Waals surface area contributed by atoms with Crippen LogP contribution in [0.4, 0.5) is 5.13 Å². The number of nitrogens with two attached hydrogens (primary N) is 1.